The van der Waals surface area contributed by atoms with Gasteiger partial charge in [0.25, 0.3) is 0 Å². The molecule has 0 fully saturated rings. The van der Waals surface area contributed by atoms with E-state index in [1.54, 1.807) is 0 Å². The third kappa shape index (κ3) is 3.24. The van der Waals surface area contributed by atoms with Gasteiger partial charge in [0.1, 0.15) is 0 Å². The zero-order valence-electron chi connectivity index (χ0n) is 11.6. The van der Waals surface area contributed by atoms with Crippen molar-refractivity contribution in [3.05, 3.63) is 29.3 Å². The molecular formula is C15H25N3. The molecule has 3 heteroatoms. The number of aryl methyl sites for hydroxylation is 1. The van der Waals surface area contributed by atoms with Gasteiger partial charge < -0.3 is 16.0 Å². The Morgan fingerprint density at radius 3 is 3.00 bits per heavy atom. The summed E-state index contributed by atoms with van der Waals surface area (Å²) in [5.74, 6) is 0. The summed E-state index contributed by atoms with van der Waals surface area (Å²) in [7, 11) is 2.01. The lowest BCUT2D eigenvalue weighted by atomic mass is 9.95. The van der Waals surface area contributed by atoms with E-state index in [9.17, 15) is 0 Å². The lowest BCUT2D eigenvalue weighted by Gasteiger charge is -2.28. The first-order valence-corrected chi connectivity index (χ1v) is 7.09. The molecule has 0 aromatic heterocycles. The first-order valence-electron chi connectivity index (χ1n) is 7.09. The summed E-state index contributed by atoms with van der Waals surface area (Å²) in [6.45, 7) is 5.45. The lowest BCUT2D eigenvalue weighted by Crippen LogP contribution is -2.30. The van der Waals surface area contributed by atoms with Crippen LogP contribution in [0.5, 0.6) is 0 Å². The van der Waals surface area contributed by atoms with Gasteiger partial charge in [0.05, 0.1) is 0 Å². The topological polar surface area (TPSA) is 36.1 Å². The first-order chi connectivity index (χ1) is 8.85. The Kier molecular flexibility index (Phi) is 5.02. The van der Waals surface area contributed by atoms with E-state index in [0.717, 1.165) is 26.1 Å². The Hall–Kier alpha value is -1.06. The highest BCUT2D eigenvalue weighted by Crippen LogP contribution is 2.30. The van der Waals surface area contributed by atoms with Gasteiger partial charge in [-0.2, -0.15) is 0 Å². The number of hydrogen-bond acceptors (Lipinski definition) is 3. The molecule has 1 unspecified atom stereocenters. The summed E-state index contributed by atoms with van der Waals surface area (Å²) >= 11 is 0. The van der Waals surface area contributed by atoms with Gasteiger partial charge in [-0.25, -0.2) is 0 Å². The normalized spacial score (nSPS) is 18.2. The van der Waals surface area contributed by atoms with E-state index in [-0.39, 0.29) is 0 Å². The van der Waals surface area contributed by atoms with Crippen molar-refractivity contribution in [2.45, 2.75) is 32.2 Å². The lowest BCUT2D eigenvalue weighted by molar-refractivity contribution is 0.490. The highest BCUT2D eigenvalue weighted by Gasteiger charge is 2.19. The Morgan fingerprint density at radius 1 is 1.33 bits per heavy atom. The fourth-order valence-electron chi connectivity index (χ4n) is 2.54. The Morgan fingerprint density at radius 2 is 2.22 bits per heavy atom. The molecule has 1 aromatic carbocycles. The Balaban J connectivity index is 2.01. The van der Waals surface area contributed by atoms with Crippen molar-refractivity contribution in [2.75, 3.05) is 32.0 Å². The third-order valence-corrected chi connectivity index (χ3v) is 3.64. The fourth-order valence-corrected chi connectivity index (χ4v) is 2.54. The van der Waals surface area contributed by atoms with E-state index in [2.05, 4.69) is 41.1 Å². The van der Waals surface area contributed by atoms with Crippen molar-refractivity contribution < 1.29 is 0 Å². The number of nitrogens with one attached hydrogen (secondary N) is 3. The van der Waals surface area contributed by atoms with Crippen molar-refractivity contribution in [1.29, 1.82) is 0 Å². The molecule has 1 heterocycles. The standard InChI is InChI=1S/C15H25N3/c1-3-12-5-6-14-13(11-12)15(7-10-18-14)17-9-4-8-16-2/h5-6,11,15-18H,3-4,7-10H2,1-2H3. The van der Waals surface area contributed by atoms with Gasteiger partial charge >= 0.3 is 0 Å². The molecule has 3 nitrogen and oxygen atoms in total. The van der Waals surface area contributed by atoms with E-state index in [1.807, 2.05) is 7.05 Å². The smallest absolute Gasteiger partial charge is 0.0388 e. The van der Waals surface area contributed by atoms with Gasteiger partial charge in [0, 0.05) is 18.3 Å². The quantitative estimate of drug-likeness (QED) is 0.675. The molecule has 1 aromatic rings. The summed E-state index contributed by atoms with van der Waals surface area (Å²) in [4.78, 5) is 0. The predicted molar refractivity (Wildman–Crippen MR) is 78.2 cm³/mol. The highest BCUT2D eigenvalue weighted by atomic mass is 15.0. The largest absolute Gasteiger partial charge is 0.385 e. The highest BCUT2D eigenvalue weighted by molar-refractivity contribution is 5.56. The maximum atomic E-state index is 3.68. The van der Waals surface area contributed by atoms with Crippen molar-refractivity contribution >= 4 is 5.69 Å². The molecule has 0 aliphatic carbocycles. The summed E-state index contributed by atoms with van der Waals surface area (Å²) in [5, 5.41) is 10.4. The molecule has 100 valence electrons. The Labute approximate surface area is 110 Å². The van der Waals surface area contributed by atoms with Crippen LogP contribution in [0.15, 0.2) is 18.2 Å². The number of rotatable bonds is 6. The second kappa shape index (κ2) is 6.76. The van der Waals surface area contributed by atoms with Gasteiger partial charge in [0.15, 0.2) is 0 Å². The molecule has 1 aliphatic rings. The summed E-state index contributed by atoms with van der Waals surface area (Å²) in [5.41, 5.74) is 4.19. The minimum absolute atomic E-state index is 0.518. The van der Waals surface area contributed by atoms with E-state index in [0.29, 0.717) is 6.04 Å². The molecule has 18 heavy (non-hydrogen) atoms. The zero-order valence-corrected chi connectivity index (χ0v) is 11.6. The van der Waals surface area contributed by atoms with Crippen LogP contribution in [0.2, 0.25) is 0 Å². The molecule has 0 bridgehead atoms. The molecule has 0 saturated heterocycles. The van der Waals surface area contributed by atoms with Crippen molar-refractivity contribution in [2.24, 2.45) is 0 Å². The van der Waals surface area contributed by atoms with Crippen LogP contribution in [0.1, 0.15) is 36.9 Å². The predicted octanol–water partition coefficient (Wildman–Crippen LogP) is 2.30. The number of benzene rings is 1. The molecule has 0 radical (unpaired) electrons. The van der Waals surface area contributed by atoms with Gasteiger partial charge in [-0.3, -0.25) is 0 Å². The molecular weight excluding hydrogens is 222 g/mol. The average molecular weight is 247 g/mol. The number of anilines is 1. The molecule has 2 rings (SSSR count). The minimum atomic E-state index is 0.518. The van der Waals surface area contributed by atoms with E-state index in [1.165, 1.54) is 29.7 Å². The van der Waals surface area contributed by atoms with Crippen LogP contribution in [-0.2, 0) is 6.42 Å². The minimum Gasteiger partial charge on any atom is -0.385 e. The SMILES string of the molecule is CCc1ccc2c(c1)C(NCCCNC)CCN2. The second-order valence-electron chi connectivity index (χ2n) is 4.95. The van der Waals surface area contributed by atoms with E-state index < -0.39 is 0 Å². The van der Waals surface area contributed by atoms with E-state index >= 15 is 0 Å². The Bertz CT molecular complexity index is 376. The molecule has 1 aliphatic heterocycles. The zero-order chi connectivity index (χ0) is 12.8. The first kappa shape index (κ1) is 13.4. The van der Waals surface area contributed by atoms with Gasteiger partial charge in [-0.15, -0.1) is 0 Å². The summed E-state index contributed by atoms with van der Waals surface area (Å²) in [6, 6.07) is 7.34. The van der Waals surface area contributed by atoms with Crippen LogP contribution in [-0.4, -0.2) is 26.7 Å². The molecule has 1 atom stereocenters. The molecule has 3 N–H and O–H groups in total. The second-order valence-corrected chi connectivity index (χ2v) is 4.95. The summed E-state index contributed by atoms with van der Waals surface area (Å²) in [6.07, 6.45) is 3.47. The maximum absolute atomic E-state index is 3.68. The van der Waals surface area contributed by atoms with Crippen LogP contribution >= 0.6 is 0 Å². The monoisotopic (exact) mass is 247 g/mol. The fraction of sp³-hybridized carbons (Fsp3) is 0.600. The number of hydrogen-bond donors (Lipinski definition) is 3. The van der Waals surface area contributed by atoms with Gasteiger partial charge in [0.2, 0.25) is 0 Å². The maximum Gasteiger partial charge on any atom is 0.0388 e. The van der Waals surface area contributed by atoms with Gasteiger partial charge in [-0.05, 0) is 56.6 Å². The summed E-state index contributed by atoms with van der Waals surface area (Å²) < 4.78 is 0. The van der Waals surface area contributed by atoms with Crippen LogP contribution in [0, 0.1) is 0 Å². The molecule has 0 spiro atoms. The number of fused-ring (bicyclic) bond motifs is 1. The average Bonchev–Trinajstić information content (AvgIpc) is 2.43. The molecule has 0 saturated carbocycles. The van der Waals surface area contributed by atoms with Crippen molar-refractivity contribution in [3.8, 4) is 0 Å². The van der Waals surface area contributed by atoms with Crippen LogP contribution in [0.25, 0.3) is 0 Å². The van der Waals surface area contributed by atoms with Crippen LogP contribution in [0.3, 0.4) is 0 Å². The van der Waals surface area contributed by atoms with Crippen molar-refractivity contribution in [1.82, 2.24) is 10.6 Å². The van der Waals surface area contributed by atoms with Gasteiger partial charge in [-0.1, -0.05) is 19.1 Å². The van der Waals surface area contributed by atoms with E-state index in [4.69, 9.17) is 0 Å². The van der Waals surface area contributed by atoms with Crippen molar-refractivity contribution in [3.63, 3.8) is 0 Å². The van der Waals surface area contributed by atoms with Crippen LogP contribution < -0.4 is 16.0 Å². The molecule has 0 amide bonds. The van der Waals surface area contributed by atoms with Crippen LogP contribution in [0.4, 0.5) is 5.69 Å². The third-order valence-electron chi connectivity index (χ3n) is 3.64.